The molecule has 1 fully saturated rings. The van der Waals surface area contributed by atoms with Gasteiger partial charge in [0, 0.05) is 16.6 Å². The van der Waals surface area contributed by atoms with Gasteiger partial charge in [-0.1, -0.05) is 33.6 Å². The summed E-state index contributed by atoms with van der Waals surface area (Å²) in [6, 6.07) is 11.0. The van der Waals surface area contributed by atoms with Gasteiger partial charge in [-0.2, -0.15) is 0 Å². The molecule has 1 amide bonds. The largest absolute Gasteiger partial charge is 0.496 e. The number of halogens is 2. The minimum atomic E-state index is -0.136. The number of likely N-dealkylation sites (N-methyl/N-ethyl adjacent to an activating group) is 1. The highest BCUT2D eigenvalue weighted by atomic mass is 79.9. The van der Waals surface area contributed by atoms with Crippen LogP contribution in [0.2, 0.25) is 5.02 Å². The number of methoxy groups -OCH3 is 1. The molecular formula is C20H18BrClN2O3S. The third-order valence-corrected chi connectivity index (χ3v) is 5.28. The zero-order chi connectivity index (χ0) is 20.3. The van der Waals surface area contributed by atoms with Gasteiger partial charge in [-0.05, 0) is 61.1 Å². The lowest BCUT2D eigenvalue weighted by Crippen LogP contribution is -2.30. The van der Waals surface area contributed by atoms with E-state index >= 15 is 0 Å². The van der Waals surface area contributed by atoms with Gasteiger partial charge >= 0.3 is 0 Å². The van der Waals surface area contributed by atoms with Crippen LogP contribution in [0.4, 0.5) is 0 Å². The van der Waals surface area contributed by atoms with E-state index < -0.39 is 0 Å². The molecule has 0 spiro atoms. The van der Waals surface area contributed by atoms with Crippen molar-refractivity contribution in [1.29, 1.82) is 0 Å². The number of hydrogen-bond donors (Lipinski definition) is 1. The van der Waals surface area contributed by atoms with E-state index in [1.54, 1.807) is 25.3 Å². The number of carbonyl (C=O) groups is 1. The molecule has 1 aliphatic heterocycles. The van der Waals surface area contributed by atoms with Crippen molar-refractivity contribution in [2.24, 2.45) is 0 Å². The van der Waals surface area contributed by atoms with Crippen LogP contribution >= 0.6 is 39.7 Å². The number of ether oxygens (including phenoxy) is 2. The molecular weight excluding hydrogens is 464 g/mol. The summed E-state index contributed by atoms with van der Waals surface area (Å²) >= 11 is 14.8. The number of rotatable bonds is 6. The second-order valence-corrected chi connectivity index (χ2v) is 7.68. The highest BCUT2D eigenvalue weighted by Gasteiger charge is 2.29. The Balaban J connectivity index is 1.83. The fourth-order valence-electron chi connectivity index (χ4n) is 2.77. The maximum atomic E-state index is 12.4. The molecule has 0 atom stereocenters. The normalized spacial score (nSPS) is 15.1. The highest BCUT2D eigenvalue weighted by molar-refractivity contribution is 9.10. The van der Waals surface area contributed by atoms with Crippen molar-refractivity contribution in [2.75, 3.05) is 13.7 Å². The van der Waals surface area contributed by atoms with Crippen molar-refractivity contribution in [2.45, 2.75) is 13.5 Å². The minimum absolute atomic E-state index is 0.136. The minimum Gasteiger partial charge on any atom is -0.496 e. The number of nitrogens with one attached hydrogen (secondary N) is 1. The van der Waals surface area contributed by atoms with Gasteiger partial charge in [0.05, 0.1) is 12.1 Å². The molecule has 2 aromatic carbocycles. The summed E-state index contributed by atoms with van der Waals surface area (Å²) in [6.45, 7) is 2.67. The fraction of sp³-hybridized carbons (Fsp3) is 0.200. The van der Waals surface area contributed by atoms with Gasteiger partial charge in [0.2, 0.25) is 0 Å². The Morgan fingerprint density at radius 3 is 2.64 bits per heavy atom. The Labute approximate surface area is 182 Å². The molecule has 28 heavy (non-hydrogen) atoms. The van der Waals surface area contributed by atoms with Crippen LogP contribution in [-0.4, -0.2) is 29.6 Å². The molecule has 1 saturated heterocycles. The van der Waals surface area contributed by atoms with Crippen LogP contribution in [0.3, 0.4) is 0 Å². The quantitative estimate of drug-likeness (QED) is 0.476. The standard InChI is InChI=1S/C20H18BrClN2O3S/c1-3-24-19(25)16(23-20(24)28)9-12-4-6-17(26-2)13(8-12)11-27-18-7-5-14(21)10-15(18)22/h4-10H,3,11H2,1-2H3,(H,23,28)/b16-9+. The topological polar surface area (TPSA) is 50.8 Å². The lowest BCUT2D eigenvalue weighted by atomic mass is 10.1. The number of benzene rings is 2. The average molecular weight is 482 g/mol. The number of thiocarbonyl (C=S) groups is 1. The molecule has 2 aromatic rings. The van der Waals surface area contributed by atoms with E-state index in [-0.39, 0.29) is 12.5 Å². The average Bonchev–Trinajstić information content (AvgIpc) is 2.93. The van der Waals surface area contributed by atoms with Crippen LogP contribution in [0, 0.1) is 0 Å². The summed E-state index contributed by atoms with van der Waals surface area (Å²) < 4.78 is 12.2. The SMILES string of the molecule is CCN1C(=O)/C(=C\c2ccc(OC)c(COc3ccc(Br)cc3Cl)c2)NC1=S. The zero-order valence-electron chi connectivity index (χ0n) is 15.3. The van der Waals surface area contributed by atoms with Gasteiger partial charge < -0.3 is 14.8 Å². The van der Waals surface area contributed by atoms with E-state index in [1.165, 1.54) is 4.90 Å². The van der Waals surface area contributed by atoms with Crippen molar-refractivity contribution < 1.29 is 14.3 Å². The summed E-state index contributed by atoms with van der Waals surface area (Å²) in [5.74, 6) is 1.13. The van der Waals surface area contributed by atoms with Crippen LogP contribution < -0.4 is 14.8 Å². The van der Waals surface area contributed by atoms with Crippen molar-refractivity contribution in [1.82, 2.24) is 10.2 Å². The number of carbonyl (C=O) groups excluding carboxylic acids is 1. The van der Waals surface area contributed by atoms with Crippen molar-refractivity contribution >= 4 is 56.8 Å². The first-order chi connectivity index (χ1) is 13.4. The van der Waals surface area contributed by atoms with Gasteiger partial charge in [-0.15, -0.1) is 0 Å². The van der Waals surface area contributed by atoms with E-state index in [0.29, 0.717) is 33.9 Å². The molecule has 1 N–H and O–H groups in total. The van der Waals surface area contributed by atoms with Gasteiger partial charge in [-0.25, -0.2) is 0 Å². The van der Waals surface area contributed by atoms with Crippen LogP contribution in [0.5, 0.6) is 11.5 Å². The molecule has 0 aromatic heterocycles. The summed E-state index contributed by atoms with van der Waals surface area (Å²) in [5.41, 5.74) is 2.11. The van der Waals surface area contributed by atoms with E-state index in [0.717, 1.165) is 15.6 Å². The third kappa shape index (κ3) is 4.48. The van der Waals surface area contributed by atoms with Crippen LogP contribution in [0.15, 0.2) is 46.6 Å². The first-order valence-electron chi connectivity index (χ1n) is 8.52. The predicted octanol–water partition coefficient (Wildman–Crippen LogP) is 4.77. The highest BCUT2D eigenvalue weighted by Crippen LogP contribution is 2.30. The Bertz CT molecular complexity index is 964. The van der Waals surface area contributed by atoms with E-state index in [9.17, 15) is 4.79 Å². The Morgan fingerprint density at radius 1 is 1.25 bits per heavy atom. The molecule has 1 heterocycles. The number of nitrogens with zero attached hydrogens (tertiary/aromatic N) is 1. The molecule has 8 heteroatoms. The Kier molecular flexibility index (Phi) is 6.59. The fourth-order valence-corrected chi connectivity index (χ4v) is 3.82. The van der Waals surface area contributed by atoms with Gasteiger partial charge in [0.25, 0.3) is 5.91 Å². The van der Waals surface area contributed by atoms with E-state index in [1.807, 2.05) is 31.2 Å². The lowest BCUT2D eigenvalue weighted by molar-refractivity contribution is -0.122. The maximum absolute atomic E-state index is 12.4. The van der Waals surface area contributed by atoms with Crippen LogP contribution in [0.1, 0.15) is 18.1 Å². The maximum Gasteiger partial charge on any atom is 0.276 e. The predicted molar refractivity (Wildman–Crippen MR) is 118 cm³/mol. The molecule has 0 saturated carbocycles. The monoisotopic (exact) mass is 480 g/mol. The van der Waals surface area contributed by atoms with Crippen LogP contribution in [-0.2, 0) is 11.4 Å². The first-order valence-corrected chi connectivity index (χ1v) is 10.1. The third-order valence-electron chi connectivity index (χ3n) is 4.17. The zero-order valence-corrected chi connectivity index (χ0v) is 18.5. The molecule has 0 unspecified atom stereocenters. The summed E-state index contributed by atoms with van der Waals surface area (Å²) in [7, 11) is 1.60. The van der Waals surface area contributed by atoms with Crippen LogP contribution in [0.25, 0.3) is 6.08 Å². The Morgan fingerprint density at radius 2 is 2.00 bits per heavy atom. The second-order valence-electron chi connectivity index (χ2n) is 5.97. The Hall–Kier alpha value is -2.09. The van der Waals surface area contributed by atoms with Gasteiger partial charge in [0.15, 0.2) is 5.11 Å². The summed E-state index contributed by atoms with van der Waals surface area (Å²) in [4.78, 5) is 13.9. The lowest BCUT2D eigenvalue weighted by Gasteiger charge is -2.12. The molecule has 0 aliphatic carbocycles. The van der Waals surface area contributed by atoms with Gasteiger partial charge in [-0.3, -0.25) is 9.69 Å². The van der Waals surface area contributed by atoms with Crippen molar-refractivity contribution in [3.05, 3.63) is 62.7 Å². The second kappa shape index (κ2) is 8.94. The molecule has 1 aliphatic rings. The van der Waals surface area contributed by atoms with E-state index in [2.05, 4.69) is 21.2 Å². The smallest absolute Gasteiger partial charge is 0.276 e. The molecule has 146 valence electrons. The molecule has 0 radical (unpaired) electrons. The van der Waals surface area contributed by atoms with Crippen molar-refractivity contribution in [3.63, 3.8) is 0 Å². The van der Waals surface area contributed by atoms with E-state index in [4.69, 9.17) is 33.3 Å². The molecule has 5 nitrogen and oxygen atoms in total. The summed E-state index contributed by atoms with van der Waals surface area (Å²) in [6.07, 6.45) is 1.76. The number of hydrogen-bond acceptors (Lipinski definition) is 4. The number of amides is 1. The van der Waals surface area contributed by atoms with Gasteiger partial charge in [0.1, 0.15) is 23.8 Å². The first kappa shape index (κ1) is 20.6. The summed E-state index contributed by atoms with van der Waals surface area (Å²) in [5, 5.41) is 3.89. The van der Waals surface area contributed by atoms with Crippen molar-refractivity contribution in [3.8, 4) is 11.5 Å². The molecule has 0 bridgehead atoms. The molecule has 3 rings (SSSR count).